The molecule has 0 rings (SSSR count). The van der Waals surface area contributed by atoms with E-state index in [1.54, 1.807) is 20.8 Å². The van der Waals surface area contributed by atoms with Gasteiger partial charge in [0.15, 0.2) is 5.12 Å². The standard InChI is InChI=1S/C11H18O5S/c1-5-15-10(13)7(3)9(17-8(4)12)11(14)16-6-2/h7,9H,5-6H2,1-4H3. The first-order valence-electron chi connectivity index (χ1n) is 5.44. The lowest BCUT2D eigenvalue weighted by atomic mass is 10.1. The summed E-state index contributed by atoms with van der Waals surface area (Å²) in [5.41, 5.74) is 0. The molecular formula is C11H18O5S. The number of rotatable bonds is 6. The van der Waals surface area contributed by atoms with Crippen LogP contribution in [0.15, 0.2) is 0 Å². The molecule has 0 saturated heterocycles. The van der Waals surface area contributed by atoms with Crippen molar-refractivity contribution < 1.29 is 23.9 Å². The molecule has 0 saturated carbocycles. The van der Waals surface area contributed by atoms with E-state index < -0.39 is 23.1 Å². The first-order valence-corrected chi connectivity index (χ1v) is 6.32. The van der Waals surface area contributed by atoms with Gasteiger partial charge in [0.1, 0.15) is 5.25 Å². The minimum atomic E-state index is -0.841. The third-order valence-electron chi connectivity index (χ3n) is 1.92. The van der Waals surface area contributed by atoms with Crippen molar-refractivity contribution in [3.05, 3.63) is 0 Å². The summed E-state index contributed by atoms with van der Waals surface area (Å²) in [7, 11) is 0. The Labute approximate surface area is 105 Å². The number of thioether (sulfide) groups is 1. The molecule has 5 nitrogen and oxygen atoms in total. The van der Waals surface area contributed by atoms with Gasteiger partial charge in [0.25, 0.3) is 0 Å². The van der Waals surface area contributed by atoms with Gasteiger partial charge in [-0.15, -0.1) is 0 Å². The fraction of sp³-hybridized carbons (Fsp3) is 0.727. The van der Waals surface area contributed by atoms with Gasteiger partial charge >= 0.3 is 11.9 Å². The summed E-state index contributed by atoms with van der Waals surface area (Å²) in [5, 5.41) is -1.08. The Balaban J connectivity index is 4.71. The largest absolute Gasteiger partial charge is 0.466 e. The molecular weight excluding hydrogens is 244 g/mol. The van der Waals surface area contributed by atoms with E-state index in [1.165, 1.54) is 6.92 Å². The van der Waals surface area contributed by atoms with Crippen LogP contribution < -0.4 is 0 Å². The molecule has 6 heteroatoms. The van der Waals surface area contributed by atoms with Crippen molar-refractivity contribution >= 4 is 28.8 Å². The van der Waals surface area contributed by atoms with E-state index in [0.717, 1.165) is 11.8 Å². The Morgan fingerprint density at radius 2 is 1.53 bits per heavy atom. The van der Waals surface area contributed by atoms with Gasteiger partial charge < -0.3 is 9.47 Å². The van der Waals surface area contributed by atoms with Crippen LogP contribution in [-0.4, -0.2) is 35.5 Å². The van der Waals surface area contributed by atoms with Crippen LogP contribution in [0.3, 0.4) is 0 Å². The highest BCUT2D eigenvalue weighted by Gasteiger charge is 2.34. The molecule has 0 radical (unpaired) electrons. The van der Waals surface area contributed by atoms with Gasteiger partial charge in [-0.2, -0.15) is 0 Å². The molecule has 0 aromatic rings. The van der Waals surface area contributed by atoms with Crippen molar-refractivity contribution in [2.24, 2.45) is 5.92 Å². The summed E-state index contributed by atoms with van der Waals surface area (Å²) in [5.74, 6) is -1.77. The number of hydrogen-bond donors (Lipinski definition) is 0. The van der Waals surface area contributed by atoms with Crippen molar-refractivity contribution in [3.63, 3.8) is 0 Å². The zero-order valence-corrected chi connectivity index (χ0v) is 11.3. The summed E-state index contributed by atoms with van der Waals surface area (Å²) in [6.07, 6.45) is 0. The summed E-state index contributed by atoms with van der Waals surface area (Å²) in [6.45, 7) is 6.70. The lowest BCUT2D eigenvalue weighted by Crippen LogP contribution is -2.34. The second-order valence-electron chi connectivity index (χ2n) is 3.32. The van der Waals surface area contributed by atoms with Crippen molar-refractivity contribution in [3.8, 4) is 0 Å². The number of esters is 2. The average Bonchev–Trinajstić information content (AvgIpc) is 2.25. The molecule has 0 spiro atoms. The Morgan fingerprint density at radius 1 is 1.06 bits per heavy atom. The van der Waals surface area contributed by atoms with E-state index in [-0.39, 0.29) is 18.3 Å². The molecule has 17 heavy (non-hydrogen) atoms. The van der Waals surface area contributed by atoms with Crippen molar-refractivity contribution in [2.75, 3.05) is 13.2 Å². The topological polar surface area (TPSA) is 69.7 Å². The normalized spacial score (nSPS) is 13.6. The van der Waals surface area contributed by atoms with Crippen LogP contribution in [0.25, 0.3) is 0 Å². The lowest BCUT2D eigenvalue weighted by molar-refractivity contribution is -0.153. The Bertz CT molecular complexity index is 290. The summed E-state index contributed by atoms with van der Waals surface area (Å²) >= 11 is 0.796. The molecule has 0 bridgehead atoms. The van der Waals surface area contributed by atoms with Crippen LogP contribution >= 0.6 is 11.8 Å². The minimum absolute atomic E-state index is 0.212. The van der Waals surface area contributed by atoms with Gasteiger partial charge in [0.2, 0.25) is 0 Å². The Hall–Kier alpha value is -1.04. The molecule has 2 atom stereocenters. The van der Waals surface area contributed by atoms with Crippen LogP contribution in [0.2, 0.25) is 0 Å². The van der Waals surface area contributed by atoms with E-state index in [0.29, 0.717) is 0 Å². The highest BCUT2D eigenvalue weighted by Crippen LogP contribution is 2.23. The zero-order valence-electron chi connectivity index (χ0n) is 10.5. The van der Waals surface area contributed by atoms with Gasteiger partial charge in [0.05, 0.1) is 19.1 Å². The molecule has 0 aromatic heterocycles. The molecule has 0 heterocycles. The van der Waals surface area contributed by atoms with Crippen molar-refractivity contribution in [1.82, 2.24) is 0 Å². The highest BCUT2D eigenvalue weighted by molar-refractivity contribution is 8.14. The highest BCUT2D eigenvalue weighted by atomic mass is 32.2. The maximum Gasteiger partial charge on any atom is 0.320 e. The van der Waals surface area contributed by atoms with Gasteiger partial charge in [-0.3, -0.25) is 14.4 Å². The number of ether oxygens (including phenoxy) is 2. The van der Waals surface area contributed by atoms with E-state index in [2.05, 4.69) is 0 Å². The SMILES string of the molecule is CCOC(=O)C(C)C(SC(C)=O)C(=O)OCC. The summed E-state index contributed by atoms with van der Waals surface area (Å²) in [4.78, 5) is 34.2. The van der Waals surface area contributed by atoms with Crippen LogP contribution in [0.1, 0.15) is 27.7 Å². The van der Waals surface area contributed by atoms with Gasteiger partial charge in [-0.1, -0.05) is 18.7 Å². The van der Waals surface area contributed by atoms with E-state index >= 15 is 0 Å². The number of carbonyl (C=O) groups is 3. The fourth-order valence-corrected chi connectivity index (χ4v) is 1.99. The second-order valence-corrected chi connectivity index (χ2v) is 4.64. The molecule has 0 aromatic carbocycles. The molecule has 0 aliphatic rings. The van der Waals surface area contributed by atoms with Crippen molar-refractivity contribution in [2.45, 2.75) is 32.9 Å². The van der Waals surface area contributed by atoms with E-state index in [1.807, 2.05) is 0 Å². The summed E-state index contributed by atoms with van der Waals surface area (Å²) < 4.78 is 9.66. The van der Waals surface area contributed by atoms with Crippen LogP contribution in [0.4, 0.5) is 0 Å². The van der Waals surface area contributed by atoms with Crippen LogP contribution in [0, 0.1) is 5.92 Å². The van der Waals surface area contributed by atoms with Gasteiger partial charge in [-0.25, -0.2) is 0 Å². The molecule has 98 valence electrons. The smallest absolute Gasteiger partial charge is 0.320 e. The predicted molar refractivity (Wildman–Crippen MR) is 64.5 cm³/mol. The Morgan fingerprint density at radius 3 is 1.94 bits per heavy atom. The van der Waals surface area contributed by atoms with Crippen molar-refractivity contribution in [1.29, 1.82) is 0 Å². The van der Waals surface area contributed by atoms with Crippen LogP contribution in [-0.2, 0) is 23.9 Å². The monoisotopic (exact) mass is 262 g/mol. The first kappa shape index (κ1) is 16.0. The first-order chi connectivity index (χ1) is 7.93. The van der Waals surface area contributed by atoms with Crippen LogP contribution in [0.5, 0.6) is 0 Å². The molecule has 0 amide bonds. The lowest BCUT2D eigenvalue weighted by Gasteiger charge is -2.19. The minimum Gasteiger partial charge on any atom is -0.466 e. The molecule has 0 fully saturated rings. The number of carbonyl (C=O) groups excluding carboxylic acids is 3. The number of hydrogen-bond acceptors (Lipinski definition) is 6. The molecule has 2 unspecified atom stereocenters. The fourth-order valence-electron chi connectivity index (χ4n) is 1.15. The third-order valence-corrected chi connectivity index (χ3v) is 3.11. The molecule has 0 aliphatic carbocycles. The second kappa shape index (κ2) is 8.11. The molecule has 0 aliphatic heterocycles. The van der Waals surface area contributed by atoms with E-state index in [9.17, 15) is 14.4 Å². The van der Waals surface area contributed by atoms with E-state index in [4.69, 9.17) is 9.47 Å². The maximum atomic E-state index is 11.6. The summed E-state index contributed by atoms with van der Waals surface area (Å²) in [6, 6.07) is 0. The third kappa shape index (κ3) is 5.72. The predicted octanol–water partition coefficient (Wildman–Crippen LogP) is 1.40. The maximum absolute atomic E-state index is 11.6. The van der Waals surface area contributed by atoms with Gasteiger partial charge in [0, 0.05) is 6.92 Å². The zero-order chi connectivity index (χ0) is 13.4. The average molecular weight is 262 g/mol. The Kier molecular flexibility index (Phi) is 7.61. The molecule has 0 N–H and O–H groups in total. The van der Waals surface area contributed by atoms with Gasteiger partial charge in [-0.05, 0) is 13.8 Å². The quantitative estimate of drug-likeness (QED) is 0.674.